The lowest BCUT2D eigenvalue weighted by Gasteiger charge is -2.09. The second-order valence-corrected chi connectivity index (χ2v) is 4.25. The van der Waals surface area contributed by atoms with Gasteiger partial charge in [0, 0.05) is 5.69 Å². The van der Waals surface area contributed by atoms with Crippen LogP contribution in [0.2, 0.25) is 0 Å². The third kappa shape index (κ3) is 3.70. The van der Waals surface area contributed by atoms with Crippen LogP contribution in [0, 0.1) is 12.7 Å². The number of nitrogens with one attached hydrogen (secondary N) is 1. The molecule has 0 unspecified atom stereocenters. The Labute approximate surface area is 106 Å². The third-order valence-corrected chi connectivity index (χ3v) is 2.62. The Hall–Kier alpha value is -1.63. The van der Waals surface area contributed by atoms with Gasteiger partial charge in [-0.15, -0.1) is 0 Å². The Bertz CT molecular complexity index is 477. The summed E-state index contributed by atoms with van der Waals surface area (Å²) in [5.74, 6) is -1.04. The van der Waals surface area contributed by atoms with Crippen LogP contribution in [0.4, 0.5) is 10.1 Å². The first-order valence-electron chi connectivity index (χ1n) is 4.66. The zero-order chi connectivity index (χ0) is 13.0. The minimum absolute atomic E-state index is 0.193. The number of amides is 1. The van der Waals surface area contributed by atoms with Gasteiger partial charge < -0.3 is 16.3 Å². The van der Waals surface area contributed by atoms with Crippen molar-refractivity contribution in [2.75, 3.05) is 5.32 Å². The molecule has 1 rings (SSSR count). The summed E-state index contributed by atoms with van der Waals surface area (Å²) in [5, 5.41) is 13.5. The van der Waals surface area contributed by atoms with Gasteiger partial charge >= 0.3 is 0 Å². The van der Waals surface area contributed by atoms with Crippen molar-refractivity contribution in [3.8, 4) is 0 Å². The van der Waals surface area contributed by atoms with Crippen molar-refractivity contribution in [2.24, 2.45) is 10.9 Å². The molecular formula is C10H11BrFN3O2. The van der Waals surface area contributed by atoms with Gasteiger partial charge in [0.1, 0.15) is 11.7 Å². The number of amidine groups is 1. The molecule has 0 aliphatic carbocycles. The predicted octanol–water partition coefficient (Wildman–Crippen LogP) is 1.97. The van der Waals surface area contributed by atoms with Crippen LogP contribution in [0.5, 0.6) is 0 Å². The van der Waals surface area contributed by atoms with Crippen LogP contribution in [0.3, 0.4) is 0 Å². The highest BCUT2D eigenvalue weighted by Crippen LogP contribution is 2.24. The van der Waals surface area contributed by atoms with Gasteiger partial charge in [0.25, 0.3) is 0 Å². The lowest BCUT2D eigenvalue weighted by molar-refractivity contribution is -0.115. The molecule has 92 valence electrons. The number of benzene rings is 1. The molecule has 7 heteroatoms. The molecule has 0 aliphatic heterocycles. The molecule has 0 aliphatic rings. The Balaban J connectivity index is 2.82. The monoisotopic (exact) mass is 303 g/mol. The summed E-state index contributed by atoms with van der Waals surface area (Å²) in [7, 11) is 0. The molecule has 0 spiro atoms. The van der Waals surface area contributed by atoms with Crippen LogP contribution in [-0.4, -0.2) is 17.0 Å². The largest absolute Gasteiger partial charge is 0.409 e. The van der Waals surface area contributed by atoms with Crippen LogP contribution in [-0.2, 0) is 4.79 Å². The van der Waals surface area contributed by atoms with E-state index in [9.17, 15) is 9.18 Å². The number of halogens is 2. The van der Waals surface area contributed by atoms with E-state index in [2.05, 4.69) is 26.4 Å². The molecule has 0 atom stereocenters. The van der Waals surface area contributed by atoms with Gasteiger partial charge in [-0.05, 0) is 40.5 Å². The molecule has 1 aromatic carbocycles. The second-order valence-electron chi connectivity index (χ2n) is 3.40. The average molecular weight is 304 g/mol. The minimum Gasteiger partial charge on any atom is -0.409 e. The lowest BCUT2D eigenvalue weighted by atomic mass is 10.2. The summed E-state index contributed by atoms with van der Waals surface area (Å²) in [5.41, 5.74) is 6.24. The Morgan fingerprint density at radius 1 is 1.65 bits per heavy atom. The van der Waals surface area contributed by atoms with Crippen molar-refractivity contribution in [1.29, 1.82) is 0 Å². The molecule has 1 aromatic rings. The number of rotatable bonds is 3. The fourth-order valence-corrected chi connectivity index (χ4v) is 1.52. The van der Waals surface area contributed by atoms with E-state index in [1.54, 1.807) is 6.92 Å². The molecular weight excluding hydrogens is 293 g/mol. The van der Waals surface area contributed by atoms with E-state index >= 15 is 0 Å². The topological polar surface area (TPSA) is 87.7 Å². The maximum Gasteiger partial charge on any atom is 0.232 e. The van der Waals surface area contributed by atoms with Gasteiger partial charge in [0.15, 0.2) is 0 Å². The number of nitrogens with two attached hydrogens (primary N) is 1. The number of hydrogen-bond donors (Lipinski definition) is 3. The zero-order valence-corrected chi connectivity index (χ0v) is 10.6. The SMILES string of the molecule is Cc1cc(F)c(Br)cc1NC(=O)C/C(N)=N/O. The number of aryl methyl sites for hydroxylation is 1. The molecule has 0 aromatic heterocycles. The molecule has 5 nitrogen and oxygen atoms in total. The predicted molar refractivity (Wildman–Crippen MR) is 65.5 cm³/mol. The van der Waals surface area contributed by atoms with E-state index in [4.69, 9.17) is 10.9 Å². The van der Waals surface area contributed by atoms with Crippen LogP contribution in [0.1, 0.15) is 12.0 Å². The van der Waals surface area contributed by atoms with Gasteiger partial charge in [-0.2, -0.15) is 0 Å². The quantitative estimate of drug-likeness (QED) is 0.345. The van der Waals surface area contributed by atoms with E-state index in [1.165, 1.54) is 12.1 Å². The Morgan fingerprint density at radius 3 is 2.88 bits per heavy atom. The van der Waals surface area contributed by atoms with Crippen molar-refractivity contribution in [3.05, 3.63) is 28.0 Å². The summed E-state index contributed by atoms with van der Waals surface area (Å²) < 4.78 is 13.4. The maximum absolute atomic E-state index is 13.1. The highest BCUT2D eigenvalue weighted by atomic mass is 79.9. The van der Waals surface area contributed by atoms with Crippen molar-refractivity contribution in [2.45, 2.75) is 13.3 Å². The van der Waals surface area contributed by atoms with Crippen molar-refractivity contribution >= 4 is 33.4 Å². The fraction of sp³-hybridized carbons (Fsp3) is 0.200. The summed E-state index contributed by atoms with van der Waals surface area (Å²) in [6.07, 6.45) is -0.231. The molecule has 0 heterocycles. The molecule has 4 N–H and O–H groups in total. The summed E-state index contributed by atoms with van der Waals surface area (Å²) in [4.78, 5) is 11.4. The summed E-state index contributed by atoms with van der Waals surface area (Å²) in [6.45, 7) is 1.66. The second kappa shape index (κ2) is 5.62. The van der Waals surface area contributed by atoms with E-state index < -0.39 is 11.7 Å². The van der Waals surface area contributed by atoms with E-state index in [0.717, 1.165) is 0 Å². The number of nitrogens with zero attached hydrogens (tertiary/aromatic N) is 1. The highest BCUT2D eigenvalue weighted by molar-refractivity contribution is 9.10. The molecule has 0 radical (unpaired) electrons. The number of hydrogen-bond acceptors (Lipinski definition) is 3. The van der Waals surface area contributed by atoms with Gasteiger partial charge in [-0.25, -0.2) is 4.39 Å². The molecule has 1 amide bonds. The van der Waals surface area contributed by atoms with Crippen LogP contribution in [0.15, 0.2) is 21.8 Å². The first-order chi connectivity index (χ1) is 7.93. The minimum atomic E-state index is -0.443. The molecule has 17 heavy (non-hydrogen) atoms. The van der Waals surface area contributed by atoms with Crippen molar-refractivity contribution in [1.82, 2.24) is 0 Å². The first-order valence-corrected chi connectivity index (χ1v) is 5.45. The average Bonchev–Trinajstić information content (AvgIpc) is 2.25. The number of anilines is 1. The zero-order valence-electron chi connectivity index (χ0n) is 9.00. The molecule has 0 bridgehead atoms. The van der Waals surface area contributed by atoms with Crippen LogP contribution in [0.25, 0.3) is 0 Å². The Kier molecular flexibility index (Phi) is 4.45. The standard InChI is InChI=1S/C10H11BrFN3O2/c1-5-2-7(12)6(11)3-8(5)14-10(16)4-9(13)15-17/h2-3,17H,4H2,1H3,(H2,13,15)(H,14,16). The van der Waals surface area contributed by atoms with Gasteiger partial charge in [-0.3, -0.25) is 4.79 Å². The fourth-order valence-electron chi connectivity index (χ4n) is 1.18. The van der Waals surface area contributed by atoms with E-state index in [-0.39, 0.29) is 16.7 Å². The smallest absolute Gasteiger partial charge is 0.232 e. The summed E-state index contributed by atoms with van der Waals surface area (Å²) in [6, 6.07) is 2.75. The Morgan fingerprint density at radius 2 is 2.29 bits per heavy atom. The van der Waals surface area contributed by atoms with Gasteiger partial charge in [0.2, 0.25) is 5.91 Å². The molecule has 0 fully saturated rings. The first kappa shape index (κ1) is 13.4. The lowest BCUT2D eigenvalue weighted by Crippen LogP contribution is -2.22. The number of carbonyl (C=O) groups is 1. The van der Waals surface area contributed by atoms with Crippen molar-refractivity contribution in [3.63, 3.8) is 0 Å². The van der Waals surface area contributed by atoms with Crippen molar-refractivity contribution < 1.29 is 14.4 Å². The highest BCUT2D eigenvalue weighted by Gasteiger charge is 2.10. The third-order valence-electron chi connectivity index (χ3n) is 2.01. The van der Waals surface area contributed by atoms with Gasteiger partial charge in [0.05, 0.1) is 10.9 Å². The van der Waals surface area contributed by atoms with E-state index in [1.807, 2.05) is 0 Å². The molecule has 0 saturated carbocycles. The molecule has 0 saturated heterocycles. The van der Waals surface area contributed by atoms with Crippen LogP contribution < -0.4 is 11.1 Å². The number of carbonyl (C=O) groups excluding carboxylic acids is 1. The van der Waals surface area contributed by atoms with Crippen LogP contribution >= 0.6 is 15.9 Å². The van der Waals surface area contributed by atoms with Gasteiger partial charge in [-0.1, -0.05) is 5.16 Å². The normalized spacial score (nSPS) is 11.4. The maximum atomic E-state index is 13.1. The van der Waals surface area contributed by atoms with E-state index in [0.29, 0.717) is 11.3 Å². The number of oxime groups is 1. The summed E-state index contributed by atoms with van der Waals surface area (Å²) >= 11 is 3.02.